The van der Waals surface area contributed by atoms with Crippen molar-refractivity contribution in [2.75, 3.05) is 11.9 Å². The molecule has 1 N–H and O–H groups in total. The minimum atomic E-state index is -0.724. The van der Waals surface area contributed by atoms with Crippen molar-refractivity contribution >= 4 is 29.2 Å². The molecule has 0 radical (unpaired) electrons. The molecule has 4 nitrogen and oxygen atoms in total. The van der Waals surface area contributed by atoms with Crippen LogP contribution in [0.25, 0.3) is 0 Å². The van der Waals surface area contributed by atoms with E-state index < -0.39 is 24.3 Å². The number of hydrogen-bond donors (Lipinski definition) is 1. The molecule has 0 aliphatic carbocycles. The highest BCUT2D eigenvalue weighted by Crippen LogP contribution is 2.19. The molecule has 2 aromatic carbocycles. The third-order valence-corrected chi connectivity index (χ3v) is 3.61. The standard InChI is InChI=1S/C18H17ClFNO3/c1-11-6-12(2)8-13(7-11)21-17(22)10-24-18(23)9-14-15(19)4-3-5-16(14)20/h3-8H,9-10H2,1-2H3,(H,21,22). The summed E-state index contributed by atoms with van der Waals surface area (Å²) < 4.78 is 18.5. The molecular weight excluding hydrogens is 333 g/mol. The van der Waals surface area contributed by atoms with Crippen LogP contribution in [0.2, 0.25) is 5.02 Å². The number of aryl methyl sites for hydroxylation is 2. The Morgan fingerprint density at radius 3 is 2.46 bits per heavy atom. The number of ether oxygens (including phenoxy) is 1. The lowest BCUT2D eigenvalue weighted by Gasteiger charge is -2.09. The maximum Gasteiger partial charge on any atom is 0.310 e. The van der Waals surface area contributed by atoms with Crippen molar-refractivity contribution in [3.8, 4) is 0 Å². The zero-order valence-electron chi connectivity index (χ0n) is 13.4. The second-order valence-corrected chi connectivity index (χ2v) is 5.87. The minimum absolute atomic E-state index is 0.0545. The van der Waals surface area contributed by atoms with Crippen LogP contribution < -0.4 is 5.32 Å². The summed E-state index contributed by atoms with van der Waals surface area (Å²) in [4.78, 5) is 23.6. The van der Waals surface area contributed by atoms with E-state index in [0.29, 0.717) is 5.69 Å². The fourth-order valence-corrected chi connectivity index (χ4v) is 2.52. The summed E-state index contributed by atoms with van der Waals surface area (Å²) in [5.41, 5.74) is 2.71. The van der Waals surface area contributed by atoms with Crippen LogP contribution in [0.3, 0.4) is 0 Å². The third kappa shape index (κ3) is 5.06. The van der Waals surface area contributed by atoms with Crippen molar-refractivity contribution in [3.63, 3.8) is 0 Å². The van der Waals surface area contributed by atoms with Gasteiger partial charge in [0.2, 0.25) is 0 Å². The van der Waals surface area contributed by atoms with Crippen LogP contribution in [0.4, 0.5) is 10.1 Å². The molecule has 0 aliphatic rings. The first kappa shape index (κ1) is 17.9. The van der Waals surface area contributed by atoms with Gasteiger partial charge in [0, 0.05) is 16.3 Å². The Bertz CT molecular complexity index is 736. The molecule has 24 heavy (non-hydrogen) atoms. The molecule has 2 aromatic rings. The van der Waals surface area contributed by atoms with Crippen LogP contribution in [0, 0.1) is 19.7 Å². The summed E-state index contributed by atoms with van der Waals surface area (Å²) in [6, 6.07) is 9.75. The van der Waals surface area contributed by atoms with E-state index in [1.165, 1.54) is 18.2 Å². The SMILES string of the molecule is Cc1cc(C)cc(NC(=O)COC(=O)Cc2c(F)cccc2Cl)c1. The lowest BCUT2D eigenvalue weighted by atomic mass is 10.1. The molecule has 0 fully saturated rings. The van der Waals surface area contributed by atoms with E-state index in [4.69, 9.17) is 16.3 Å². The Hall–Kier alpha value is -2.40. The molecule has 1 amide bonds. The van der Waals surface area contributed by atoms with Gasteiger partial charge in [0.15, 0.2) is 6.61 Å². The van der Waals surface area contributed by atoms with E-state index in [9.17, 15) is 14.0 Å². The number of halogens is 2. The van der Waals surface area contributed by atoms with Gasteiger partial charge in [-0.3, -0.25) is 9.59 Å². The Labute approximate surface area is 144 Å². The molecular formula is C18H17ClFNO3. The summed E-state index contributed by atoms with van der Waals surface area (Å²) >= 11 is 5.85. The van der Waals surface area contributed by atoms with Gasteiger partial charge >= 0.3 is 5.97 Å². The maximum absolute atomic E-state index is 13.6. The quantitative estimate of drug-likeness (QED) is 0.835. The Kier molecular flexibility index (Phi) is 5.93. The molecule has 0 saturated carbocycles. The van der Waals surface area contributed by atoms with Gasteiger partial charge in [0.05, 0.1) is 6.42 Å². The van der Waals surface area contributed by atoms with Gasteiger partial charge in [-0.2, -0.15) is 0 Å². The molecule has 0 aromatic heterocycles. The topological polar surface area (TPSA) is 55.4 Å². The number of nitrogens with one attached hydrogen (secondary N) is 1. The second-order valence-electron chi connectivity index (χ2n) is 5.46. The lowest BCUT2D eigenvalue weighted by Crippen LogP contribution is -2.22. The van der Waals surface area contributed by atoms with E-state index in [1.807, 2.05) is 32.0 Å². The number of rotatable bonds is 5. The van der Waals surface area contributed by atoms with E-state index >= 15 is 0 Å². The predicted molar refractivity (Wildman–Crippen MR) is 90.6 cm³/mol. The van der Waals surface area contributed by atoms with Gasteiger partial charge in [0.1, 0.15) is 5.82 Å². The number of anilines is 1. The zero-order valence-corrected chi connectivity index (χ0v) is 14.1. The van der Waals surface area contributed by atoms with Crippen LogP contribution in [-0.4, -0.2) is 18.5 Å². The third-order valence-electron chi connectivity index (χ3n) is 3.25. The normalized spacial score (nSPS) is 10.3. The van der Waals surface area contributed by atoms with Crippen LogP contribution in [0.15, 0.2) is 36.4 Å². The monoisotopic (exact) mass is 349 g/mol. The molecule has 126 valence electrons. The van der Waals surface area contributed by atoms with Gasteiger partial charge < -0.3 is 10.1 Å². The number of carbonyl (C=O) groups excluding carboxylic acids is 2. The summed E-state index contributed by atoms with van der Waals surface area (Å²) in [5.74, 6) is -1.77. The molecule has 0 unspecified atom stereocenters. The zero-order chi connectivity index (χ0) is 17.7. The van der Waals surface area contributed by atoms with E-state index in [-0.39, 0.29) is 17.0 Å². The first-order chi connectivity index (χ1) is 11.3. The highest BCUT2D eigenvalue weighted by Gasteiger charge is 2.14. The number of hydrogen-bond acceptors (Lipinski definition) is 3. The Balaban J connectivity index is 1.88. The fourth-order valence-electron chi connectivity index (χ4n) is 2.29. The summed E-state index contributed by atoms with van der Waals surface area (Å²) in [5, 5.41) is 2.79. The largest absolute Gasteiger partial charge is 0.455 e. The van der Waals surface area contributed by atoms with Crippen molar-refractivity contribution < 1.29 is 18.7 Å². The molecule has 0 aliphatic heterocycles. The number of carbonyl (C=O) groups is 2. The average molecular weight is 350 g/mol. The van der Waals surface area contributed by atoms with Crippen LogP contribution in [0.1, 0.15) is 16.7 Å². The van der Waals surface area contributed by atoms with E-state index in [0.717, 1.165) is 11.1 Å². The van der Waals surface area contributed by atoms with Gasteiger partial charge in [-0.25, -0.2) is 4.39 Å². The predicted octanol–water partition coefficient (Wildman–Crippen LogP) is 3.82. The van der Waals surface area contributed by atoms with Crippen molar-refractivity contribution in [2.24, 2.45) is 0 Å². The van der Waals surface area contributed by atoms with E-state index in [2.05, 4.69) is 5.32 Å². The number of amides is 1. The Morgan fingerprint density at radius 2 is 1.83 bits per heavy atom. The number of benzene rings is 2. The van der Waals surface area contributed by atoms with Crippen molar-refractivity contribution in [1.29, 1.82) is 0 Å². The highest BCUT2D eigenvalue weighted by molar-refractivity contribution is 6.31. The molecule has 0 atom stereocenters. The fraction of sp³-hybridized carbons (Fsp3) is 0.222. The molecule has 0 heterocycles. The molecule has 2 rings (SSSR count). The average Bonchev–Trinajstić information content (AvgIpc) is 2.48. The maximum atomic E-state index is 13.6. The first-order valence-electron chi connectivity index (χ1n) is 7.32. The smallest absolute Gasteiger partial charge is 0.310 e. The van der Waals surface area contributed by atoms with Crippen molar-refractivity contribution in [2.45, 2.75) is 20.3 Å². The highest BCUT2D eigenvalue weighted by atomic mass is 35.5. The first-order valence-corrected chi connectivity index (χ1v) is 7.69. The van der Waals surface area contributed by atoms with Gasteiger partial charge in [0.25, 0.3) is 5.91 Å². The summed E-state index contributed by atoms with van der Waals surface area (Å²) in [6.45, 7) is 3.39. The number of esters is 1. The summed E-state index contributed by atoms with van der Waals surface area (Å²) in [7, 11) is 0. The van der Waals surface area contributed by atoms with Crippen molar-refractivity contribution in [3.05, 3.63) is 63.9 Å². The van der Waals surface area contributed by atoms with Crippen molar-refractivity contribution in [1.82, 2.24) is 0 Å². The van der Waals surface area contributed by atoms with Gasteiger partial charge in [-0.15, -0.1) is 0 Å². The second kappa shape index (κ2) is 7.93. The molecule has 6 heteroatoms. The lowest BCUT2D eigenvalue weighted by molar-refractivity contribution is -0.146. The van der Waals surface area contributed by atoms with E-state index in [1.54, 1.807) is 0 Å². The van der Waals surface area contributed by atoms with Gasteiger partial charge in [-0.1, -0.05) is 23.7 Å². The van der Waals surface area contributed by atoms with Crippen LogP contribution in [-0.2, 0) is 20.7 Å². The summed E-state index contributed by atoms with van der Waals surface area (Å²) in [6.07, 6.45) is -0.331. The minimum Gasteiger partial charge on any atom is -0.455 e. The molecule has 0 bridgehead atoms. The van der Waals surface area contributed by atoms with Crippen LogP contribution in [0.5, 0.6) is 0 Å². The molecule has 0 saturated heterocycles. The Morgan fingerprint density at radius 1 is 1.17 bits per heavy atom. The molecule has 0 spiro atoms. The van der Waals surface area contributed by atoms with Crippen LogP contribution >= 0.6 is 11.6 Å². The van der Waals surface area contributed by atoms with Gasteiger partial charge in [-0.05, 0) is 49.2 Å².